The van der Waals surface area contributed by atoms with E-state index >= 15 is 0 Å². The largest absolute Gasteiger partial charge is 0.326 e. The first-order chi connectivity index (χ1) is 6.63. The van der Waals surface area contributed by atoms with E-state index in [0.29, 0.717) is 10.8 Å². The molecule has 1 amide bonds. The van der Waals surface area contributed by atoms with Gasteiger partial charge >= 0.3 is 0 Å². The summed E-state index contributed by atoms with van der Waals surface area (Å²) in [7, 11) is 0. The third-order valence-corrected chi connectivity index (χ3v) is 2.26. The molecule has 0 aromatic carbocycles. The van der Waals surface area contributed by atoms with E-state index in [2.05, 4.69) is 10.3 Å². The van der Waals surface area contributed by atoms with Crippen molar-refractivity contribution in [3.8, 4) is 0 Å². The number of carbonyl (C=O) groups excluding carboxylic acids is 1. The SMILES string of the molecule is CCC(C)C(=O)Nc1ccnc(Cl)c1. The van der Waals surface area contributed by atoms with E-state index in [9.17, 15) is 4.79 Å². The second kappa shape index (κ2) is 4.96. The Morgan fingerprint density at radius 1 is 1.71 bits per heavy atom. The number of amides is 1. The summed E-state index contributed by atoms with van der Waals surface area (Å²) in [5.74, 6) is 0.0247. The minimum atomic E-state index is 0.00904. The number of anilines is 1. The molecule has 0 bridgehead atoms. The van der Waals surface area contributed by atoms with Crippen molar-refractivity contribution in [3.05, 3.63) is 23.5 Å². The van der Waals surface area contributed by atoms with E-state index in [1.54, 1.807) is 18.3 Å². The first kappa shape index (κ1) is 11.0. The topological polar surface area (TPSA) is 42.0 Å². The van der Waals surface area contributed by atoms with Crippen LogP contribution >= 0.6 is 11.6 Å². The Morgan fingerprint density at radius 2 is 2.43 bits per heavy atom. The van der Waals surface area contributed by atoms with Gasteiger partial charge in [0.05, 0.1) is 0 Å². The van der Waals surface area contributed by atoms with Crippen LogP contribution < -0.4 is 5.32 Å². The Kier molecular flexibility index (Phi) is 3.89. The molecule has 1 rings (SSSR count). The summed E-state index contributed by atoms with van der Waals surface area (Å²) in [5.41, 5.74) is 0.690. The van der Waals surface area contributed by atoms with Gasteiger partial charge in [0.1, 0.15) is 5.15 Å². The highest BCUT2D eigenvalue weighted by Crippen LogP contribution is 2.13. The molecule has 0 saturated carbocycles. The van der Waals surface area contributed by atoms with Crippen LogP contribution in [0.4, 0.5) is 5.69 Å². The van der Waals surface area contributed by atoms with Crippen LogP contribution in [0.3, 0.4) is 0 Å². The van der Waals surface area contributed by atoms with Crippen molar-refractivity contribution < 1.29 is 4.79 Å². The highest BCUT2D eigenvalue weighted by Gasteiger charge is 2.10. The smallest absolute Gasteiger partial charge is 0.227 e. The lowest BCUT2D eigenvalue weighted by Crippen LogP contribution is -2.19. The predicted molar refractivity (Wildman–Crippen MR) is 57.3 cm³/mol. The number of pyridine rings is 1. The van der Waals surface area contributed by atoms with E-state index in [0.717, 1.165) is 6.42 Å². The van der Waals surface area contributed by atoms with Crippen molar-refractivity contribution in [1.29, 1.82) is 0 Å². The Morgan fingerprint density at radius 3 is 3.00 bits per heavy atom. The van der Waals surface area contributed by atoms with Gasteiger partial charge < -0.3 is 5.32 Å². The van der Waals surface area contributed by atoms with E-state index in [1.807, 2.05) is 13.8 Å². The zero-order valence-corrected chi connectivity index (χ0v) is 9.01. The zero-order chi connectivity index (χ0) is 10.6. The molecule has 1 aromatic heterocycles. The van der Waals surface area contributed by atoms with Gasteiger partial charge in [0.15, 0.2) is 0 Å². The van der Waals surface area contributed by atoms with Crippen molar-refractivity contribution in [2.45, 2.75) is 20.3 Å². The number of halogens is 1. The average Bonchev–Trinajstić information content (AvgIpc) is 2.16. The van der Waals surface area contributed by atoms with Crippen LogP contribution in [0, 0.1) is 5.92 Å². The summed E-state index contributed by atoms with van der Waals surface area (Å²) in [5, 5.41) is 3.15. The molecule has 0 aliphatic rings. The minimum absolute atomic E-state index is 0.00904. The second-order valence-electron chi connectivity index (χ2n) is 3.17. The fourth-order valence-corrected chi connectivity index (χ4v) is 1.10. The van der Waals surface area contributed by atoms with Crippen LogP contribution in [0.15, 0.2) is 18.3 Å². The number of hydrogen-bond acceptors (Lipinski definition) is 2. The van der Waals surface area contributed by atoms with Crippen molar-refractivity contribution >= 4 is 23.2 Å². The molecule has 14 heavy (non-hydrogen) atoms. The first-order valence-corrected chi connectivity index (χ1v) is 4.93. The summed E-state index contributed by atoms with van der Waals surface area (Å²) in [6, 6.07) is 3.34. The lowest BCUT2D eigenvalue weighted by atomic mass is 10.1. The fourth-order valence-electron chi connectivity index (χ4n) is 0.931. The van der Waals surface area contributed by atoms with Gasteiger partial charge in [-0.3, -0.25) is 4.79 Å². The van der Waals surface area contributed by atoms with Crippen LogP contribution in [0.5, 0.6) is 0 Å². The second-order valence-corrected chi connectivity index (χ2v) is 3.55. The molecule has 0 fully saturated rings. The van der Waals surface area contributed by atoms with Gasteiger partial charge in [0.25, 0.3) is 0 Å². The summed E-state index contributed by atoms with van der Waals surface area (Å²) in [6.07, 6.45) is 2.39. The van der Waals surface area contributed by atoms with E-state index < -0.39 is 0 Å². The van der Waals surface area contributed by atoms with E-state index in [1.165, 1.54) is 0 Å². The fraction of sp³-hybridized carbons (Fsp3) is 0.400. The van der Waals surface area contributed by atoms with E-state index in [4.69, 9.17) is 11.6 Å². The molecule has 1 aromatic rings. The first-order valence-electron chi connectivity index (χ1n) is 4.56. The van der Waals surface area contributed by atoms with Gasteiger partial charge in [0.2, 0.25) is 5.91 Å². The van der Waals surface area contributed by atoms with Crippen LogP contribution in [-0.4, -0.2) is 10.9 Å². The Labute approximate surface area is 88.5 Å². The number of nitrogens with zero attached hydrogens (tertiary/aromatic N) is 1. The molecule has 4 heteroatoms. The number of rotatable bonds is 3. The zero-order valence-electron chi connectivity index (χ0n) is 8.25. The van der Waals surface area contributed by atoms with Gasteiger partial charge in [-0.2, -0.15) is 0 Å². The number of nitrogens with one attached hydrogen (secondary N) is 1. The van der Waals surface area contributed by atoms with Crippen molar-refractivity contribution in [1.82, 2.24) is 4.98 Å². The van der Waals surface area contributed by atoms with Crippen LogP contribution in [-0.2, 0) is 4.79 Å². The Balaban J connectivity index is 2.65. The third-order valence-electron chi connectivity index (χ3n) is 2.05. The van der Waals surface area contributed by atoms with Gasteiger partial charge in [-0.15, -0.1) is 0 Å². The summed E-state index contributed by atoms with van der Waals surface area (Å²) >= 11 is 5.68. The molecule has 0 aliphatic heterocycles. The maximum atomic E-state index is 11.5. The molecular weight excluding hydrogens is 200 g/mol. The molecule has 3 nitrogen and oxygen atoms in total. The van der Waals surface area contributed by atoms with Crippen LogP contribution in [0.2, 0.25) is 5.15 Å². The highest BCUT2D eigenvalue weighted by atomic mass is 35.5. The summed E-state index contributed by atoms with van der Waals surface area (Å²) < 4.78 is 0. The van der Waals surface area contributed by atoms with Crippen molar-refractivity contribution in [2.24, 2.45) is 5.92 Å². The molecule has 76 valence electrons. The number of hydrogen-bond donors (Lipinski definition) is 1. The van der Waals surface area contributed by atoms with Crippen LogP contribution in [0.25, 0.3) is 0 Å². The minimum Gasteiger partial charge on any atom is -0.326 e. The van der Waals surface area contributed by atoms with Crippen LogP contribution in [0.1, 0.15) is 20.3 Å². The molecular formula is C10H13ClN2O. The van der Waals surface area contributed by atoms with Gasteiger partial charge in [0, 0.05) is 17.8 Å². The highest BCUT2D eigenvalue weighted by molar-refractivity contribution is 6.29. The maximum Gasteiger partial charge on any atom is 0.227 e. The molecule has 0 radical (unpaired) electrons. The molecule has 0 spiro atoms. The Bertz CT molecular complexity index is 328. The Hall–Kier alpha value is -1.09. The van der Waals surface area contributed by atoms with Gasteiger partial charge in [-0.25, -0.2) is 4.98 Å². The lowest BCUT2D eigenvalue weighted by molar-refractivity contribution is -0.119. The average molecular weight is 213 g/mol. The van der Waals surface area contributed by atoms with Gasteiger partial charge in [-0.1, -0.05) is 25.4 Å². The lowest BCUT2D eigenvalue weighted by Gasteiger charge is -2.09. The quantitative estimate of drug-likeness (QED) is 0.783. The summed E-state index contributed by atoms with van der Waals surface area (Å²) in [6.45, 7) is 3.86. The molecule has 1 atom stereocenters. The monoisotopic (exact) mass is 212 g/mol. The van der Waals surface area contributed by atoms with Crippen molar-refractivity contribution in [3.63, 3.8) is 0 Å². The third kappa shape index (κ3) is 3.00. The number of carbonyl (C=O) groups is 1. The van der Waals surface area contributed by atoms with Gasteiger partial charge in [-0.05, 0) is 18.6 Å². The van der Waals surface area contributed by atoms with E-state index in [-0.39, 0.29) is 11.8 Å². The molecule has 1 N–H and O–H groups in total. The molecule has 1 heterocycles. The predicted octanol–water partition coefficient (Wildman–Crippen LogP) is 2.72. The number of aromatic nitrogens is 1. The molecule has 0 aliphatic carbocycles. The van der Waals surface area contributed by atoms with Crippen molar-refractivity contribution in [2.75, 3.05) is 5.32 Å². The summed E-state index contributed by atoms with van der Waals surface area (Å²) in [4.78, 5) is 15.3. The normalized spacial score (nSPS) is 12.2. The molecule has 1 unspecified atom stereocenters. The maximum absolute atomic E-state index is 11.5. The molecule has 0 saturated heterocycles. The standard InChI is InChI=1S/C10H13ClN2O/c1-3-7(2)10(14)13-8-4-5-12-9(11)6-8/h4-7H,3H2,1-2H3,(H,12,13,14).